The predicted octanol–water partition coefficient (Wildman–Crippen LogP) is 1.33. The minimum atomic E-state index is -1.11. The lowest BCUT2D eigenvalue weighted by molar-refractivity contribution is -0.0282. The zero-order valence-electron chi connectivity index (χ0n) is 8.65. The number of aromatic carboxylic acids is 1. The topological polar surface area (TPSA) is 72.3 Å². The van der Waals surface area contributed by atoms with Gasteiger partial charge in [-0.2, -0.15) is 0 Å². The van der Waals surface area contributed by atoms with Crippen molar-refractivity contribution in [2.75, 3.05) is 0 Å². The second-order valence-electron chi connectivity index (χ2n) is 3.75. The van der Waals surface area contributed by atoms with Gasteiger partial charge in [-0.3, -0.25) is 0 Å². The third-order valence-corrected chi connectivity index (χ3v) is 2.78. The van der Waals surface area contributed by atoms with Gasteiger partial charge in [0.1, 0.15) is 5.60 Å². The molecule has 2 rings (SSSR count). The maximum Gasteiger partial charge on any atom is 0.373 e. The molecule has 5 heteroatoms. The highest BCUT2D eigenvalue weighted by Crippen LogP contribution is 2.36. The molecule has 1 N–H and O–H groups in total. The molecule has 0 saturated heterocycles. The Balaban J connectivity index is 2.51. The third-order valence-electron chi connectivity index (χ3n) is 2.78. The normalized spacial score (nSPS) is 23.9. The SMILES string of the molecule is CCC1(C)OCc2cnc(C(=O)O)nc21. The fraction of sp³-hybridized carbons (Fsp3) is 0.500. The Morgan fingerprint density at radius 1 is 1.73 bits per heavy atom. The van der Waals surface area contributed by atoms with Crippen LogP contribution in [0.5, 0.6) is 0 Å². The summed E-state index contributed by atoms with van der Waals surface area (Å²) in [5, 5.41) is 8.79. The molecule has 0 aromatic carbocycles. The van der Waals surface area contributed by atoms with Crippen LogP contribution in [0.1, 0.15) is 42.1 Å². The lowest BCUT2D eigenvalue weighted by atomic mass is 9.98. The number of carboxylic acids is 1. The summed E-state index contributed by atoms with van der Waals surface area (Å²) in [6, 6.07) is 0. The van der Waals surface area contributed by atoms with Gasteiger partial charge in [-0.05, 0) is 13.3 Å². The van der Waals surface area contributed by atoms with E-state index in [1.165, 1.54) is 6.20 Å². The Kier molecular flexibility index (Phi) is 2.19. The number of ether oxygens (including phenoxy) is 1. The molecule has 0 bridgehead atoms. The fourth-order valence-corrected chi connectivity index (χ4v) is 1.65. The molecule has 1 aliphatic heterocycles. The van der Waals surface area contributed by atoms with Crippen molar-refractivity contribution in [3.05, 3.63) is 23.3 Å². The predicted molar refractivity (Wildman–Crippen MR) is 51.4 cm³/mol. The first-order valence-corrected chi connectivity index (χ1v) is 4.80. The summed E-state index contributed by atoms with van der Waals surface area (Å²) in [6.07, 6.45) is 2.29. The fourth-order valence-electron chi connectivity index (χ4n) is 1.65. The Hall–Kier alpha value is -1.49. The van der Waals surface area contributed by atoms with Crippen molar-refractivity contribution in [2.24, 2.45) is 0 Å². The number of carbonyl (C=O) groups is 1. The molecular formula is C10H12N2O3. The molecule has 1 atom stereocenters. The molecule has 1 aromatic heterocycles. The van der Waals surface area contributed by atoms with Crippen molar-refractivity contribution < 1.29 is 14.6 Å². The number of rotatable bonds is 2. The number of hydrogen-bond acceptors (Lipinski definition) is 4. The van der Waals surface area contributed by atoms with E-state index in [1.807, 2.05) is 13.8 Å². The summed E-state index contributed by atoms with van der Waals surface area (Å²) in [5.41, 5.74) is 1.12. The van der Waals surface area contributed by atoms with Crippen molar-refractivity contribution in [1.29, 1.82) is 0 Å². The summed E-state index contributed by atoms with van der Waals surface area (Å²) >= 11 is 0. The average molecular weight is 208 g/mol. The molecule has 0 amide bonds. The van der Waals surface area contributed by atoms with E-state index < -0.39 is 11.6 Å². The van der Waals surface area contributed by atoms with E-state index in [0.29, 0.717) is 12.3 Å². The standard InChI is InChI=1S/C10H12N2O3/c1-3-10(2)7-6(5-15-10)4-11-8(12-7)9(13)14/h4H,3,5H2,1-2H3,(H,13,14). The maximum absolute atomic E-state index is 10.7. The van der Waals surface area contributed by atoms with Gasteiger partial charge in [-0.25, -0.2) is 14.8 Å². The van der Waals surface area contributed by atoms with Gasteiger partial charge in [-0.1, -0.05) is 6.92 Å². The highest BCUT2D eigenvalue weighted by Gasteiger charge is 2.36. The van der Waals surface area contributed by atoms with Crippen LogP contribution in [-0.4, -0.2) is 21.0 Å². The minimum absolute atomic E-state index is 0.168. The second kappa shape index (κ2) is 3.27. The van der Waals surface area contributed by atoms with Gasteiger partial charge in [-0.15, -0.1) is 0 Å². The molecule has 0 fully saturated rings. The molecule has 2 heterocycles. The number of nitrogens with zero attached hydrogens (tertiary/aromatic N) is 2. The van der Waals surface area contributed by atoms with Crippen molar-refractivity contribution in [3.63, 3.8) is 0 Å². The van der Waals surface area contributed by atoms with Crippen molar-refractivity contribution in [2.45, 2.75) is 32.5 Å². The maximum atomic E-state index is 10.7. The number of carboxylic acid groups (broad SMARTS) is 1. The highest BCUT2D eigenvalue weighted by molar-refractivity contribution is 5.83. The van der Waals surface area contributed by atoms with E-state index >= 15 is 0 Å². The van der Waals surface area contributed by atoms with E-state index in [-0.39, 0.29) is 5.82 Å². The van der Waals surface area contributed by atoms with Crippen molar-refractivity contribution in [3.8, 4) is 0 Å². The number of hydrogen-bond donors (Lipinski definition) is 1. The van der Waals surface area contributed by atoms with Crippen molar-refractivity contribution in [1.82, 2.24) is 9.97 Å². The van der Waals surface area contributed by atoms with Crippen LogP contribution < -0.4 is 0 Å². The second-order valence-corrected chi connectivity index (χ2v) is 3.75. The summed E-state index contributed by atoms with van der Waals surface area (Å²) in [7, 11) is 0. The number of aromatic nitrogens is 2. The quantitative estimate of drug-likeness (QED) is 0.793. The molecule has 80 valence electrons. The van der Waals surface area contributed by atoms with Gasteiger partial charge in [0, 0.05) is 11.8 Å². The molecule has 0 aliphatic carbocycles. The van der Waals surface area contributed by atoms with Gasteiger partial charge in [0.2, 0.25) is 5.82 Å². The average Bonchev–Trinajstić information content (AvgIpc) is 2.57. The lowest BCUT2D eigenvalue weighted by Crippen LogP contribution is -2.22. The molecule has 0 saturated carbocycles. The molecular weight excluding hydrogens is 196 g/mol. The largest absolute Gasteiger partial charge is 0.475 e. The van der Waals surface area contributed by atoms with Crippen LogP contribution in [0.2, 0.25) is 0 Å². The molecule has 1 unspecified atom stereocenters. The monoisotopic (exact) mass is 208 g/mol. The van der Waals surface area contributed by atoms with Crippen molar-refractivity contribution >= 4 is 5.97 Å². The highest BCUT2D eigenvalue weighted by atomic mass is 16.5. The first kappa shape index (κ1) is 10.0. The Morgan fingerprint density at radius 3 is 3.07 bits per heavy atom. The van der Waals surface area contributed by atoms with Crippen LogP contribution in [0.3, 0.4) is 0 Å². The minimum Gasteiger partial charge on any atom is -0.475 e. The van der Waals surface area contributed by atoms with Crippen LogP contribution in [0.25, 0.3) is 0 Å². The van der Waals surface area contributed by atoms with Crippen LogP contribution in [0.15, 0.2) is 6.20 Å². The summed E-state index contributed by atoms with van der Waals surface area (Å²) in [5.74, 6) is -1.28. The van der Waals surface area contributed by atoms with Gasteiger partial charge in [0.15, 0.2) is 0 Å². The first-order chi connectivity index (χ1) is 7.07. The third kappa shape index (κ3) is 1.48. The van der Waals surface area contributed by atoms with Gasteiger partial charge >= 0.3 is 5.97 Å². The molecule has 15 heavy (non-hydrogen) atoms. The van der Waals surface area contributed by atoms with Crippen LogP contribution in [0.4, 0.5) is 0 Å². The van der Waals surface area contributed by atoms with Crippen LogP contribution in [0, 0.1) is 0 Å². The summed E-state index contributed by atoms with van der Waals surface area (Å²) in [4.78, 5) is 18.5. The van der Waals surface area contributed by atoms with E-state index in [4.69, 9.17) is 9.84 Å². The zero-order chi connectivity index (χ0) is 11.1. The first-order valence-electron chi connectivity index (χ1n) is 4.80. The van der Waals surface area contributed by atoms with Crippen LogP contribution >= 0.6 is 0 Å². The van der Waals surface area contributed by atoms with E-state index in [9.17, 15) is 4.79 Å². The zero-order valence-corrected chi connectivity index (χ0v) is 8.65. The Labute approximate surface area is 87.1 Å². The van der Waals surface area contributed by atoms with E-state index in [0.717, 1.165) is 12.0 Å². The molecule has 1 aromatic rings. The molecule has 5 nitrogen and oxygen atoms in total. The number of fused-ring (bicyclic) bond motifs is 1. The van der Waals surface area contributed by atoms with Crippen LogP contribution in [-0.2, 0) is 16.9 Å². The smallest absolute Gasteiger partial charge is 0.373 e. The molecule has 0 spiro atoms. The van der Waals surface area contributed by atoms with Gasteiger partial charge in [0.25, 0.3) is 0 Å². The molecule has 1 aliphatic rings. The van der Waals surface area contributed by atoms with E-state index in [2.05, 4.69) is 9.97 Å². The summed E-state index contributed by atoms with van der Waals surface area (Å²) in [6.45, 7) is 4.36. The Bertz CT molecular complexity index is 419. The van der Waals surface area contributed by atoms with E-state index in [1.54, 1.807) is 0 Å². The van der Waals surface area contributed by atoms with Gasteiger partial charge in [0.05, 0.1) is 12.3 Å². The Morgan fingerprint density at radius 2 is 2.47 bits per heavy atom. The molecule has 0 radical (unpaired) electrons. The summed E-state index contributed by atoms with van der Waals surface area (Å²) < 4.78 is 5.60. The van der Waals surface area contributed by atoms with Gasteiger partial charge < -0.3 is 9.84 Å². The lowest BCUT2D eigenvalue weighted by Gasteiger charge is -2.21.